The molecule has 1 saturated heterocycles. The van der Waals surface area contributed by atoms with Crippen molar-refractivity contribution >= 4 is 5.97 Å². The number of nitrogens with one attached hydrogen (secondary N) is 1. The van der Waals surface area contributed by atoms with E-state index in [9.17, 15) is 4.79 Å². The molecule has 4 nitrogen and oxygen atoms in total. The molecule has 1 aliphatic carbocycles. The van der Waals surface area contributed by atoms with Crippen LogP contribution in [0.3, 0.4) is 0 Å². The number of carbonyl (C=O) groups excluding carboxylic acids is 1. The highest BCUT2D eigenvalue weighted by molar-refractivity contribution is 5.74. The van der Waals surface area contributed by atoms with E-state index in [1.165, 1.54) is 7.11 Å². The van der Waals surface area contributed by atoms with Gasteiger partial charge in [0.25, 0.3) is 0 Å². The number of morpholine rings is 1. The smallest absolute Gasteiger partial charge is 0.309 e. The Balaban J connectivity index is 1.96. The van der Waals surface area contributed by atoms with Gasteiger partial charge < -0.3 is 14.8 Å². The first-order valence-electron chi connectivity index (χ1n) is 5.64. The molecule has 2 fully saturated rings. The molecular formula is C11H19NO3. The zero-order chi connectivity index (χ0) is 10.8. The van der Waals surface area contributed by atoms with Crippen molar-refractivity contribution in [2.75, 3.05) is 26.8 Å². The van der Waals surface area contributed by atoms with Gasteiger partial charge in [0.15, 0.2) is 0 Å². The van der Waals surface area contributed by atoms with Gasteiger partial charge in [0.05, 0.1) is 25.7 Å². The molecule has 1 saturated carbocycles. The number of hydrogen-bond acceptors (Lipinski definition) is 4. The molecule has 1 heterocycles. The minimum Gasteiger partial charge on any atom is -0.469 e. The molecule has 1 aliphatic heterocycles. The summed E-state index contributed by atoms with van der Waals surface area (Å²) in [5, 5.41) is 3.30. The molecule has 4 unspecified atom stereocenters. The maximum atomic E-state index is 11.5. The average molecular weight is 213 g/mol. The van der Waals surface area contributed by atoms with Crippen LogP contribution in [0.1, 0.15) is 13.3 Å². The third-order valence-corrected chi connectivity index (χ3v) is 3.64. The second-order valence-electron chi connectivity index (χ2n) is 4.53. The molecule has 1 N–H and O–H groups in total. The lowest BCUT2D eigenvalue weighted by molar-refractivity contribution is -0.163. The maximum Gasteiger partial charge on any atom is 0.309 e. The lowest BCUT2D eigenvalue weighted by Gasteiger charge is -2.46. The van der Waals surface area contributed by atoms with Gasteiger partial charge in [-0.3, -0.25) is 4.79 Å². The number of rotatable bonds is 2. The van der Waals surface area contributed by atoms with Gasteiger partial charge in [0.1, 0.15) is 0 Å². The van der Waals surface area contributed by atoms with E-state index in [0.717, 1.165) is 26.1 Å². The Kier molecular flexibility index (Phi) is 3.26. The predicted octanol–water partition coefficient (Wildman–Crippen LogP) is 0.420. The molecule has 0 aromatic heterocycles. The second-order valence-corrected chi connectivity index (χ2v) is 4.53. The van der Waals surface area contributed by atoms with E-state index in [4.69, 9.17) is 9.47 Å². The number of ether oxygens (including phenoxy) is 2. The largest absolute Gasteiger partial charge is 0.469 e. The van der Waals surface area contributed by atoms with Crippen LogP contribution in [0.4, 0.5) is 0 Å². The Hall–Kier alpha value is -0.610. The monoisotopic (exact) mass is 213 g/mol. The highest BCUT2D eigenvalue weighted by Gasteiger charge is 2.48. The van der Waals surface area contributed by atoms with E-state index in [2.05, 4.69) is 12.2 Å². The van der Waals surface area contributed by atoms with Gasteiger partial charge in [-0.2, -0.15) is 0 Å². The maximum absolute atomic E-state index is 11.5. The van der Waals surface area contributed by atoms with Crippen LogP contribution in [0.5, 0.6) is 0 Å². The van der Waals surface area contributed by atoms with Gasteiger partial charge in [0.2, 0.25) is 0 Å². The van der Waals surface area contributed by atoms with E-state index in [1.54, 1.807) is 0 Å². The molecule has 0 aromatic carbocycles. The van der Waals surface area contributed by atoms with Crippen LogP contribution in [0.15, 0.2) is 0 Å². The standard InChI is InChI=1S/C11H19NO3/c1-7-5-8(11(13)14-2)10(7)9-6-12-3-4-15-9/h7-10,12H,3-6H2,1-2H3. The van der Waals surface area contributed by atoms with Gasteiger partial charge in [-0.25, -0.2) is 0 Å². The first-order valence-corrected chi connectivity index (χ1v) is 5.64. The normalized spacial score (nSPS) is 40.7. The fraction of sp³-hybridized carbons (Fsp3) is 0.909. The van der Waals surface area contributed by atoms with E-state index >= 15 is 0 Å². The summed E-state index contributed by atoms with van der Waals surface area (Å²) in [6.45, 7) is 4.72. The molecule has 0 radical (unpaired) electrons. The summed E-state index contributed by atoms with van der Waals surface area (Å²) in [4.78, 5) is 11.5. The van der Waals surface area contributed by atoms with Gasteiger partial charge >= 0.3 is 5.97 Å². The van der Waals surface area contributed by atoms with Crippen molar-refractivity contribution in [2.45, 2.75) is 19.4 Å². The van der Waals surface area contributed by atoms with Crippen LogP contribution >= 0.6 is 0 Å². The topological polar surface area (TPSA) is 47.6 Å². The Labute approximate surface area is 90.3 Å². The minimum absolute atomic E-state index is 0.0508. The molecule has 86 valence electrons. The van der Waals surface area contributed by atoms with Crippen molar-refractivity contribution in [1.29, 1.82) is 0 Å². The molecule has 15 heavy (non-hydrogen) atoms. The van der Waals surface area contributed by atoms with Crippen molar-refractivity contribution in [1.82, 2.24) is 5.32 Å². The van der Waals surface area contributed by atoms with Crippen LogP contribution < -0.4 is 5.32 Å². The quantitative estimate of drug-likeness (QED) is 0.675. The van der Waals surface area contributed by atoms with Crippen molar-refractivity contribution in [3.05, 3.63) is 0 Å². The predicted molar refractivity (Wildman–Crippen MR) is 55.4 cm³/mol. The first-order chi connectivity index (χ1) is 7.24. The van der Waals surface area contributed by atoms with Crippen molar-refractivity contribution in [3.8, 4) is 0 Å². The second kappa shape index (κ2) is 4.49. The lowest BCUT2D eigenvalue weighted by atomic mass is 9.63. The molecule has 2 rings (SSSR count). The Bertz CT molecular complexity index is 238. The zero-order valence-corrected chi connectivity index (χ0v) is 9.36. The summed E-state index contributed by atoms with van der Waals surface area (Å²) in [7, 11) is 1.46. The van der Waals surface area contributed by atoms with Gasteiger partial charge in [-0.15, -0.1) is 0 Å². The molecule has 4 heteroatoms. The number of esters is 1. The third kappa shape index (κ3) is 2.01. The van der Waals surface area contributed by atoms with Crippen molar-refractivity contribution in [2.24, 2.45) is 17.8 Å². The van der Waals surface area contributed by atoms with E-state index in [-0.39, 0.29) is 18.0 Å². The van der Waals surface area contributed by atoms with Crippen LogP contribution in [-0.2, 0) is 14.3 Å². The molecule has 0 bridgehead atoms. The molecule has 0 amide bonds. The van der Waals surface area contributed by atoms with Gasteiger partial charge in [0, 0.05) is 19.0 Å². The molecule has 0 spiro atoms. The fourth-order valence-corrected chi connectivity index (χ4v) is 2.78. The summed E-state index contributed by atoms with van der Waals surface area (Å²) in [5.41, 5.74) is 0. The summed E-state index contributed by atoms with van der Waals surface area (Å²) < 4.78 is 10.5. The Morgan fingerprint density at radius 2 is 2.33 bits per heavy atom. The third-order valence-electron chi connectivity index (χ3n) is 3.64. The Morgan fingerprint density at radius 1 is 1.53 bits per heavy atom. The van der Waals surface area contributed by atoms with Crippen molar-refractivity contribution in [3.63, 3.8) is 0 Å². The summed E-state index contributed by atoms with van der Waals surface area (Å²) in [5.74, 6) is 0.881. The van der Waals surface area contributed by atoms with Crippen LogP contribution in [0.25, 0.3) is 0 Å². The van der Waals surface area contributed by atoms with Crippen LogP contribution in [-0.4, -0.2) is 38.9 Å². The van der Waals surface area contributed by atoms with Gasteiger partial charge in [-0.1, -0.05) is 6.92 Å². The van der Waals surface area contributed by atoms with E-state index in [0.29, 0.717) is 11.8 Å². The van der Waals surface area contributed by atoms with Crippen molar-refractivity contribution < 1.29 is 14.3 Å². The van der Waals surface area contributed by atoms with Crippen LogP contribution in [0.2, 0.25) is 0 Å². The summed E-state index contributed by atoms with van der Waals surface area (Å²) in [6.07, 6.45) is 1.13. The number of carbonyl (C=O) groups is 1. The lowest BCUT2D eigenvalue weighted by Crippen LogP contribution is -2.53. The molecular weight excluding hydrogens is 194 g/mol. The van der Waals surface area contributed by atoms with Crippen LogP contribution in [0, 0.1) is 17.8 Å². The molecule has 2 aliphatic rings. The SMILES string of the molecule is COC(=O)C1CC(C)C1C1CNCCO1. The minimum atomic E-state index is -0.0766. The highest BCUT2D eigenvalue weighted by atomic mass is 16.5. The van der Waals surface area contributed by atoms with E-state index < -0.39 is 0 Å². The molecule has 4 atom stereocenters. The Morgan fingerprint density at radius 3 is 2.87 bits per heavy atom. The molecule has 0 aromatic rings. The summed E-state index contributed by atoms with van der Waals surface area (Å²) in [6, 6.07) is 0. The number of methoxy groups -OCH3 is 1. The summed E-state index contributed by atoms with van der Waals surface area (Å²) >= 11 is 0. The first kappa shape index (κ1) is 10.9. The zero-order valence-electron chi connectivity index (χ0n) is 9.36. The fourth-order valence-electron chi connectivity index (χ4n) is 2.78. The van der Waals surface area contributed by atoms with Gasteiger partial charge in [-0.05, 0) is 12.3 Å². The van der Waals surface area contributed by atoms with E-state index in [1.807, 2.05) is 0 Å². The number of hydrogen-bond donors (Lipinski definition) is 1. The average Bonchev–Trinajstić information content (AvgIpc) is 2.26. The highest BCUT2D eigenvalue weighted by Crippen LogP contribution is 2.44.